The molecule has 0 saturated heterocycles. The van der Waals surface area contributed by atoms with E-state index in [1.54, 1.807) is 11.8 Å². The van der Waals surface area contributed by atoms with Gasteiger partial charge in [0.2, 0.25) is 0 Å². The molecule has 1 aromatic heterocycles. The summed E-state index contributed by atoms with van der Waals surface area (Å²) < 4.78 is 43.8. The average molecular weight is 508 g/mol. The number of nitrogens with zero attached hydrogens (tertiary/aromatic N) is 1. The number of rotatable bonds is 6. The molecule has 0 aliphatic rings. The predicted octanol–water partition coefficient (Wildman–Crippen LogP) is 5.81. The van der Waals surface area contributed by atoms with Gasteiger partial charge in [0.1, 0.15) is 5.00 Å². The summed E-state index contributed by atoms with van der Waals surface area (Å²) in [6.07, 6.45) is -4.56. The maximum atomic E-state index is 13.0. The number of ether oxygens (including phenoxy) is 1. The molecular formula is C20H21ClF3N3O3S2. The number of hydrogen-bond acceptors (Lipinski definition) is 5. The van der Waals surface area contributed by atoms with Crippen LogP contribution in [0.4, 0.5) is 23.9 Å². The Balaban J connectivity index is 2.38. The fourth-order valence-electron chi connectivity index (χ4n) is 2.86. The molecular weight excluding hydrogens is 487 g/mol. The molecule has 174 valence electrons. The van der Waals surface area contributed by atoms with Gasteiger partial charge in [-0.3, -0.25) is 4.79 Å². The van der Waals surface area contributed by atoms with Gasteiger partial charge in [0.05, 0.1) is 33.8 Å². The van der Waals surface area contributed by atoms with Crippen molar-refractivity contribution in [2.45, 2.75) is 26.9 Å². The van der Waals surface area contributed by atoms with Crippen molar-refractivity contribution in [3.8, 4) is 0 Å². The van der Waals surface area contributed by atoms with Gasteiger partial charge in [-0.05, 0) is 56.8 Å². The van der Waals surface area contributed by atoms with Gasteiger partial charge in [-0.25, -0.2) is 4.79 Å². The van der Waals surface area contributed by atoms with Crippen LogP contribution in [0.1, 0.15) is 45.0 Å². The van der Waals surface area contributed by atoms with Crippen molar-refractivity contribution >= 4 is 62.8 Å². The van der Waals surface area contributed by atoms with Crippen LogP contribution in [0.2, 0.25) is 5.02 Å². The SMILES string of the molecule is CCN(CC)C(=O)c1sc(NC(=S)Nc2cc(C(F)(F)F)ccc2Cl)c(C(=O)OC)c1C. The van der Waals surface area contributed by atoms with Crippen LogP contribution in [0, 0.1) is 6.92 Å². The van der Waals surface area contributed by atoms with Crippen LogP contribution in [-0.4, -0.2) is 42.1 Å². The zero-order valence-corrected chi connectivity index (χ0v) is 20.0. The summed E-state index contributed by atoms with van der Waals surface area (Å²) in [6, 6.07) is 2.78. The van der Waals surface area contributed by atoms with Crippen molar-refractivity contribution in [2.24, 2.45) is 0 Å². The second-order valence-electron chi connectivity index (χ2n) is 6.50. The Morgan fingerprint density at radius 2 is 1.84 bits per heavy atom. The third-order valence-electron chi connectivity index (χ3n) is 4.55. The van der Waals surface area contributed by atoms with Gasteiger partial charge >= 0.3 is 12.1 Å². The van der Waals surface area contributed by atoms with Crippen LogP contribution in [-0.2, 0) is 10.9 Å². The molecule has 2 rings (SSSR count). The van der Waals surface area contributed by atoms with Crippen LogP contribution < -0.4 is 10.6 Å². The number of alkyl halides is 3. The second kappa shape index (κ2) is 10.5. The van der Waals surface area contributed by atoms with E-state index >= 15 is 0 Å². The molecule has 1 amide bonds. The number of thiophene rings is 1. The van der Waals surface area contributed by atoms with E-state index in [1.165, 1.54) is 7.11 Å². The maximum absolute atomic E-state index is 13.0. The normalized spacial score (nSPS) is 11.1. The highest BCUT2D eigenvalue weighted by atomic mass is 35.5. The quantitative estimate of drug-likeness (QED) is 0.380. The number of hydrogen-bond donors (Lipinski definition) is 2. The molecule has 32 heavy (non-hydrogen) atoms. The van der Waals surface area contributed by atoms with E-state index in [1.807, 2.05) is 13.8 Å². The third kappa shape index (κ3) is 5.70. The molecule has 0 fully saturated rings. The first-order chi connectivity index (χ1) is 14.9. The zero-order valence-electron chi connectivity index (χ0n) is 17.6. The number of benzene rings is 1. The molecule has 1 aromatic carbocycles. The van der Waals surface area contributed by atoms with Crippen molar-refractivity contribution < 1.29 is 27.5 Å². The van der Waals surface area contributed by atoms with Gasteiger partial charge in [-0.2, -0.15) is 13.2 Å². The molecule has 0 atom stereocenters. The number of nitrogens with one attached hydrogen (secondary N) is 2. The number of carbonyl (C=O) groups excluding carboxylic acids is 2. The highest BCUT2D eigenvalue weighted by Crippen LogP contribution is 2.36. The number of carbonyl (C=O) groups is 2. The first kappa shape index (κ1) is 25.9. The zero-order chi connectivity index (χ0) is 24.2. The maximum Gasteiger partial charge on any atom is 0.416 e. The Morgan fingerprint density at radius 3 is 2.38 bits per heavy atom. The summed E-state index contributed by atoms with van der Waals surface area (Å²) in [4.78, 5) is 27.1. The van der Waals surface area contributed by atoms with E-state index in [0.717, 1.165) is 29.5 Å². The summed E-state index contributed by atoms with van der Waals surface area (Å²) in [5.41, 5.74) is -0.429. The fraction of sp³-hybridized carbons (Fsp3) is 0.350. The lowest BCUT2D eigenvalue weighted by molar-refractivity contribution is -0.137. The Hall–Kier alpha value is -2.37. The molecule has 0 saturated carbocycles. The molecule has 0 radical (unpaired) electrons. The summed E-state index contributed by atoms with van der Waals surface area (Å²) in [6.45, 7) is 6.25. The Bertz CT molecular complexity index is 1040. The number of halogens is 4. The van der Waals surface area contributed by atoms with Crippen molar-refractivity contribution in [3.63, 3.8) is 0 Å². The van der Waals surface area contributed by atoms with Gasteiger partial charge in [0, 0.05) is 13.1 Å². The minimum Gasteiger partial charge on any atom is -0.465 e. The van der Waals surface area contributed by atoms with Crippen molar-refractivity contribution in [1.82, 2.24) is 4.90 Å². The van der Waals surface area contributed by atoms with Crippen LogP contribution in [0.15, 0.2) is 18.2 Å². The van der Waals surface area contributed by atoms with E-state index in [0.29, 0.717) is 23.5 Å². The van der Waals surface area contributed by atoms with E-state index in [9.17, 15) is 22.8 Å². The van der Waals surface area contributed by atoms with Gasteiger partial charge < -0.3 is 20.3 Å². The minimum absolute atomic E-state index is 0.0232. The largest absolute Gasteiger partial charge is 0.465 e. The highest BCUT2D eigenvalue weighted by Gasteiger charge is 2.31. The lowest BCUT2D eigenvalue weighted by atomic mass is 10.1. The van der Waals surface area contributed by atoms with Crippen molar-refractivity contribution in [3.05, 3.63) is 44.8 Å². The van der Waals surface area contributed by atoms with Crippen LogP contribution >= 0.6 is 35.2 Å². The number of thiocarbonyl (C=S) groups is 1. The first-order valence-electron chi connectivity index (χ1n) is 9.40. The van der Waals surface area contributed by atoms with Crippen LogP contribution in [0.3, 0.4) is 0 Å². The van der Waals surface area contributed by atoms with Gasteiger partial charge in [0.15, 0.2) is 5.11 Å². The Labute approximate surface area is 197 Å². The summed E-state index contributed by atoms with van der Waals surface area (Å²) in [5.74, 6) is -0.935. The molecule has 1 heterocycles. The summed E-state index contributed by atoms with van der Waals surface area (Å²) in [5, 5.41) is 5.52. The number of esters is 1. The molecule has 0 aliphatic heterocycles. The van der Waals surface area contributed by atoms with Crippen LogP contribution in [0.5, 0.6) is 0 Å². The summed E-state index contributed by atoms with van der Waals surface area (Å²) >= 11 is 12.2. The molecule has 12 heteroatoms. The number of amides is 1. The fourth-order valence-corrected chi connectivity index (χ4v) is 4.47. The number of anilines is 2. The minimum atomic E-state index is -4.56. The standard InChI is InChI=1S/C20H21ClF3N3O3S2/c1-5-27(6-2)17(28)15-10(3)14(18(29)30-4)16(32-15)26-19(31)25-13-9-11(20(22,23)24)7-8-12(13)21/h7-9H,5-6H2,1-4H3,(H2,25,26,31). The Morgan fingerprint density at radius 1 is 1.22 bits per heavy atom. The number of methoxy groups -OCH3 is 1. The molecule has 0 bridgehead atoms. The van der Waals surface area contributed by atoms with Crippen LogP contribution in [0.25, 0.3) is 0 Å². The highest BCUT2D eigenvalue weighted by molar-refractivity contribution is 7.80. The molecule has 0 unspecified atom stereocenters. The lowest BCUT2D eigenvalue weighted by Crippen LogP contribution is -2.30. The van der Waals surface area contributed by atoms with Gasteiger partial charge in [-0.1, -0.05) is 11.6 Å². The first-order valence-corrected chi connectivity index (χ1v) is 11.0. The average Bonchev–Trinajstić information content (AvgIpc) is 3.04. The summed E-state index contributed by atoms with van der Waals surface area (Å²) in [7, 11) is 1.20. The Kier molecular flexibility index (Phi) is 8.49. The topological polar surface area (TPSA) is 70.7 Å². The van der Waals surface area contributed by atoms with Crippen molar-refractivity contribution in [2.75, 3.05) is 30.8 Å². The molecule has 2 aromatic rings. The van der Waals surface area contributed by atoms with E-state index < -0.39 is 17.7 Å². The van der Waals surface area contributed by atoms with E-state index in [2.05, 4.69) is 10.6 Å². The predicted molar refractivity (Wildman–Crippen MR) is 124 cm³/mol. The smallest absolute Gasteiger partial charge is 0.416 e. The van der Waals surface area contributed by atoms with E-state index in [-0.39, 0.29) is 32.3 Å². The van der Waals surface area contributed by atoms with Gasteiger partial charge in [-0.15, -0.1) is 11.3 Å². The van der Waals surface area contributed by atoms with Crippen molar-refractivity contribution in [1.29, 1.82) is 0 Å². The molecule has 0 spiro atoms. The second-order valence-corrected chi connectivity index (χ2v) is 8.34. The third-order valence-corrected chi connectivity index (χ3v) is 6.28. The molecule has 6 nitrogen and oxygen atoms in total. The van der Waals surface area contributed by atoms with E-state index in [4.69, 9.17) is 28.6 Å². The molecule has 0 aliphatic carbocycles. The molecule has 2 N–H and O–H groups in total. The van der Waals surface area contributed by atoms with Gasteiger partial charge in [0.25, 0.3) is 5.91 Å². The monoisotopic (exact) mass is 507 g/mol. The lowest BCUT2D eigenvalue weighted by Gasteiger charge is -2.18.